The summed E-state index contributed by atoms with van der Waals surface area (Å²) in [5.74, 6) is 0.0772. The van der Waals surface area contributed by atoms with Crippen LogP contribution in [0.4, 0.5) is 0 Å². The molecule has 0 bridgehead atoms. The zero-order valence-electron chi connectivity index (χ0n) is 9.82. The van der Waals surface area contributed by atoms with Crippen molar-refractivity contribution in [2.24, 2.45) is 5.73 Å². The Kier molecular flexibility index (Phi) is 6.37. The molecule has 0 radical (unpaired) electrons. The molecular weight excluding hydrogens is 206 g/mol. The predicted molar refractivity (Wildman–Crippen MR) is 63.0 cm³/mol. The van der Waals surface area contributed by atoms with Crippen LogP contribution in [0.25, 0.3) is 0 Å². The highest BCUT2D eigenvalue weighted by atomic mass is 16.2. The van der Waals surface area contributed by atoms with Gasteiger partial charge in [0.1, 0.15) is 0 Å². The highest BCUT2D eigenvalue weighted by molar-refractivity contribution is 5.77. The van der Waals surface area contributed by atoms with Crippen molar-refractivity contribution in [3.05, 3.63) is 0 Å². The monoisotopic (exact) mass is 229 g/mol. The van der Waals surface area contributed by atoms with E-state index >= 15 is 0 Å². The third-order valence-electron chi connectivity index (χ3n) is 2.91. The molecule has 0 unspecified atom stereocenters. The minimum atomic E-state index is 0.0772. The molecule has 1 rings (SSSR count). The molecule has 4 N–H and O–H groups in total. The van der Waals surface area contributed by atoms with Crippen LogP contribution in [0.3, 0.4) is 0 Å². The number of rotatable bonds is 6. The average molecular weight is 229 g/mol. The van der Waals surface area contributed by atoms with Gasteiger partial charge >= 0.3 is 0 Å². The first-order valence-corrected chi connectivity index (χ1v) is 6.08. The van der Waals surface area contributed by atoms with Crippen molar-refractivity contribution < 1.29 is 9.90 Å². The van der Waals surface area contributed by atoms with Gasteiger partial charge in [-0.3, -0.25) is 9.69 Å². The minimum absolute atomic E-state index is 0.0772. The summed E-state index contributed by atoms with van der Waals surface area (Å²) in [7, 11) is 0. The summed E-state index contributed by atoms with van der Waals surface area (Å²) in [4.78, 5) is 13.7. The van der Waals surface area contributed by atoms with Gasteiger partial charge in [0.15, 0.2) is 0 Å². The fourth-order valence-electron chi connectivity index (χ4n) is 1.83. The van der Waals surface area contributed by atoms with Gasteiger partial charge in [-0.2, -0.15) is 0 Å². The van der Waals surface area contributed by atoms with E-state index in [-0.39, 0.29) is 12.5 Å². The third kappa shape index (κ3) is 5.44. The standard InChI is InChI=1S/C11H23N3O2/c12-10-3-6-14(7-4-10)9-11(16)13-5-1-2-8-15/h10,15H,1-9,12H2,(H,13,16). The third-order valence-corrected chi connectivity index (χ3v) is 2.91. The first-order chi connectivity index (χ1) is 7.72. The van der Waals surface area contributed by atoms with Crippen molar-refractivity contribution in [1.29, 1.82) is 0 Å². The molecule has 0 spiro atoms. The molecule has 5 heteroatoms. The van der Waals surface area contributed by atoms with Crippen LogP contribution in [0.15, 0.2) is 0 Å². The lowest BCUT2D eigenvalue weighted by Gasteiger charge is -2.29. The molecule has 1 heterocycles. The summed E-state index contributed by atoms with van der Waals surface area (Å²) in [6, 6.07) is 0.309. The van der Waals surface area contributed by atoms with Gasteiger partial charge in [0, 0.05) is 32.3 Å². The molecule has 0 aromatic carbocycles. The first-order valence-electron chi connectivity index (χ1n) is 6.08. The van der Waals surface area contributed by atoms with Gasteiger partial charge in [0.2, 0.25) is 5.91 Å². The van der Waals surface area contributed by atoms with Crippen molar-refractivity contribution in [2.75, 3.05) is 32.8 Å². The molecule has 1 fully saturated rings. The molecule has 0 atom stereocenters. The lowest BCUT2D eigenvalue weighted by molar-refractivity contribution is -0.122. The van der Waals surface area contributed by atoms with Crippen LogP contribution in [0.5, 0.6) is 0 Å². The van der Waals surface area contributed by atoms with Gasteiger partial charge in [-0.15, -0.1) is 0 Å². The fraction of sp³-hybridized carbons (Fsp3) is 0.909. The van der Waals surface area contributed by atoms with Crippen LogP contribution >= 0.6 is 0 Å². The highest BCUT2D eigenvalue weighted by Gasteiger charge is 2.17. The second-order valence-electron chi connectivity index (χ2n) is 4.39. The smallest absolute Gasteiger partial charge is 0.234 e. The number of nitrogens with one attached hydrogen (secondary N) is 1. The Morgan fingerprint density at radius 3 is 2.69 bits per heavy atom. The fourth-order valence-corrected chi connectivity index (χ4v) is 1.83. The summed E-state index contributed by atoms with van der Waals surface area (Å²) in [6.45, 7) is 3.18. The van der Waals surface area contributed by atoms with Crippen molar-refractivity contribution in [3.8, 4) is 0 Å². The Hall–Kier alpha value is -0.650. The Bertz CT molecular complexity index is 203. The molecule has 1 saturated heterocycles. The number of nitrogens with zero attached hydrogens (tertiary/aromatic N) is 1. The second-order valence-corrected chi connectivity index (χ2v) is 4.39. The number of carbonyl (C=O) groups excluding carboxylic acids is 1. The van der Waals surface area contributed by atoms with Crippen molar-refractivity contribution in [3.63, 3.8) is 0 Å². The molecular formula is C11H23N3O2. The van der Waals surface area contributed by atoms with E-state index in [0.717, 1.165) is 38.8 Å². The quantitative estimate of drug-likeness (QED) is 0.526. The van der Waals surface area contributed by atoms with Crippen molar-refractivity contribution in [2.45, 2.75) is 31.7 Å². The Morgan fingerprint density at radius 2 is 2.06 bits per heavy atom. The van der Waals surface area contributed by atoms with Crippen molar-refractivity contribution >= 4 is 5.91 Å². The summed E-state index contributed by atoms with van der Waals surface area (Å²) in [6.07, 6.45) is 3.56. The van der Waals surface area contributed by atoms with Crippen LogP contribution in [-0.2, 0) is 4.79 Å². The molecule has 1 aliphatic rings. The topological polar surface area (TPSA) is 78.6 Å². The predicted octanol–water partition coefficient (Wildman–Crippen LogP) is -0.702. The summed E-state index contributed by atoms with van der Waals surface area (Å²) < 4.78 is 0. The van der Waals surface area contributed by atoms with E-state index in [4.69, 9.17) is 10.8 Å². The molecule has 94 valence electrons. The zero-order valence-corrected chi connectivity index (χ0v) is 9.82. The lowest BCUT2D eigenvalue weighted by Crippen LogP contribution is -2.44. The molecule has 0 aromatic rings. The van der Waals surface area contributed by atoms with E-state index in [1.54, 1.807) is 0 Å². The van der Waals surface area contributed by atoms with Gasteiger partial charge in [0.05, 0.1) is 6.54 Å². The number of nitrogens with two attached hydrogens (primary N) is 1. The molecule has 5 nitrogen and oxygen atoms in total. The summed E-state index contributed by atoms with van der Waals surface area (Å²) >= 11 is 0. The van der Waals surface area contributed by atoms with Crippen LogP contribution in [0.1, 0.15) is 25.7 Å². The average Bonchev–Trinajstić information content (AvgIpc) is 2.28. The maximum atomic E-state index is 11.5. The largest absolute Gasteiger partial charge is 0.396 e. The second kappa shape index (κ2) is 7.60. The lowest BCUT2D eigenvalue weighted by atomic mass is 10.1. The van der Waals surface area contributed by atoms with E-state index in [0.29, 0.717) is 19.1 Å². The number of aliphatic hydroxyl groups excluding tert-OH is 1. The van der Waals surface area contributed by atoms with Gasteiger partial charge in [0.25, 0.3) is 0 Å². The highest BCUT2D eigenvalue weighted by Crippen LogP contribution is 2.07. The van der Waals surface area contributed by atoms with Crippen molar-refractivity contribution in [1.82, 2.24) is 10.2 Å². The molecule has 1 aliphatic heterocycles. The normalized spacial score (nSPS) is 18.6. The maximum Gasteiger partial charge on any atom is 0.234 e. The molecule has 1 amide bonds. The molecule has 0 aliphatic carbocycles. The summed E-state index contributed by atoms with van der Waals surface area (Å²) in [5.41, 5.74) is 5.79. The van der Waals surface area contributed by atoms with Gasteiger partial charge < -0.3 is 16.2 Å². The van der Waals surface area contributed by atoms with E-state index < -0.39 is 0 Å². The first kappa shape index (κ1) is 13.4. The Morgan fingerprint density at radius 1 is 1.38 bits per heavy atom. The van der Waals surface area contributed by atoms with Gasteiger partial charge in [-0.1, -0.05) is 0 Å². The summed E-state index contributed by atoms with van der Waals surface area (Å²) in [5, 5.41) is 11.4. The van der Waals surface area contributed by atoms with Gasteiger partial charge in [-0.25, -0.2) is 0 Å². The zero-order chi connectivity index (χ0) is 11.8. The maximum absolute atomic E-state index is 11.5. The van der Waals surface area contributed by atoms with Gasteiger partial charge in [-0.05, 0) is 25.7 Å². The van der Waals surface area contributed by atoms with Crippen LogP contribution in [0.2, 0.25) is 0 Å². The van der Waals surface area contributed by atoms with E-state index in [1.165, 1.54) is 0 Å². The van der Waals surface area contributed by atoms with E-state index in [9.17, 15) is 4.79 Å². The Labute approximate surface area is 97.0 Å². The minimum Gasteiger partial charge on any atom is -0.396 e. The number of hydrogen-bond acceptors (Lipinski definition) is 4. The van der Waals surface area contributed by atoms with E-state index in [2.05, 4.69) is 10.2 Å². The number of likely N-dealkylation sites (tertiary alicyclic amines) is 1. The number of unbranched alkanes of at least 4 members (excludes halogenated alkanes) is 1. The van der Waals surface area contributed by atoms with Crippen LogP contribution in [0, 0.1) is 0 Å². The Balaban J connectivity index is 2.05. The molecule has 16 heavy (non-hydrogen) atoms. The number of piperidine rings is 1. The SMILES string of the molecule is NC1CCN(CC(=O)NCCCCO)CC1. The number of amides is 1. The number of aliphatic hydroxyl groups is 1. The van der Waals surface area contributed by atoms with E-state index in [1.807, 2.05) is 0 Å². The van der Waals surface area contributed by atoms with Crippen LogP contribution in [-0.4, -0.2) is 54.7 Å². The number of carbonyl (C=O) groups is 1. The number of hydrogen-bond donors (Lipinski definition) is 3. The molecule has 0 aromatic heterocycles. The molecule has 0 saturated carbocycles. The van der Waals surface area contributed by atoms with Crippen LogP contribution < -0.4 is 11.1 Å².